The molecule has 15 heteroatoms. The van der Waals surface area contributed by atoms with E-state index in [0.29, 0.717) is 11.3 Å². The van der Waals surface area contributed by atoms with E-state index in [-0.39, 0.29) is 28.9 Å². The summed E-state index contributed by atoms with van der Waals surface area (Å²) in [6.07, 6.45) is -5.42. The summed E-state index contributed by atoms with van der Waals surface area (Å²) < 4.78 is 50.3. The molecule has 0 heterocycles. The number of carbonyl (C=O) groups excluding carboxylic acids is 4. The van der Waals surface area contributed by atoms with E-state index in [0.717, 1.165) is 0 Å². The van der Waals surface area contributed by atoms with E-state index in [1.807, 2.05) is 6.07 Å². The minimum absolute atomic E-state index is 0.0566. The number of amides is 3. The van der Waals surface area contributed by atoms with Crippen LogP contribution in [0.4, 0.5) is 13.2 Å². The van der Waals surface area contributed by atoms with Crippen molar-refractivity contribution in [2.24, 2.45) is 5.92 Å². The molecule has 0 saturated carbocycles. The summed E-state index contributed by atoms with van der Waals surface area (Å²) in [6.45, 7) is 2.03. The number of halogens is 3. The summed E-state index contributed by atoms with van der Waals surface area (Å²) >= 11 is 0. The average Bonchev–Trinajstić information content (AvgIpc) is 3.07. The van der Waals surface area contributed by atoms with Crippen LogP contribution >= 0.6 is 0 Å². The maximum atomic E-state index is 13.9. The standard InChI is InChI=1S/C34H33F3N4O8/c1-19(2)28(30(44)34(35,36)37)40-33(47)29(22-7-11-24(48-3)12-8-22)41-32(46)26(16-20-5-4-6-21(15-20)17-38)39-31(45)23-9-13-25(14-10-23)49-18-27(42)43/h4-15,19,26,28-29H,16,18H2,1-3H3,(H,39,45)(H,40,47)(H,41,46)(H,42,43)/t26?,28-,29?/m0/s1. The quantitative estimate of drug-likeness (QED) is 0.186. The Kier molecular flexibility index (Phi) is 12.9. The van der Waals surface area contributed by atoms with Gasteiger partial charge in [-0.15, -0.1) is 0 Å². The van der Waals surface area contributed by atoms with Crippen LogP contribution in [-0.2, 0) is 25.6 Å². The first-order chi connectivity index (χ1) is 23.1. The fraction of sp³-hybridized carbons (Fsp3) is 0.294. The third kappa shape index (κ3) is 10.8. The molecule has 0 aliphatic heterocycles. The van der Waals surface area contributed by atoms with Crippen molar-refractivity contribution in [3.05, 3.63) is 95.1 Å². The highest BCUT2D eigenvalue weighted by atomic mass is 19.4. The number of nitriles is 1. The Morgan fingerprint density at radius 1 is 0.878 bits per heavy atom. The maximum Gasteiger partial charge on any atom is 0.452 e. The molecular weight excluding hydrogens is 649 g/mol. The van der Waals surface area contributed by atoms with Crippen LogP contribution in [0.15, 0.2) is 72.8 Å². The van der Waals surface area contributed by atoms with Gasteiger partial charge in [0.05, 0.1) is 24.8 Å². The largest absolute Gasteiger partial charge is 0.497 e. The van der Waals surface area contributed by atoms with Crippen molar-refractivity contribution in [2.75, 3.05) is 13.7 Å². The van der Waals surface area contributed by atoms with E-state index in [4.69, 9.17) is 14.6 Å². The van der Waals surface area contributed by atoms with E-state index >= 15 is 0 Å². The van der Waals surface area contributed by atoms with E-state index in [1.165, 1.54) is 81.6 Å². The molecule has 0 radical (unpaired) electrons. The predicted molar refractivity (Wildman–Crippen MR) is 167 cm³/mol. The average molecular weight is 683 g/mol. The lowest BCUT2D eigenvalue weighted by molar-refractivity contribution is -0.175. The number of hydrogen-bond acceptors (Lipinski definition) is 8. The van der Waals surface area contributed by atoms with Gasteiger partial charge in [0.25, 0.3) is 11.7 Å². The number of alkyl halides is 3. The zero-order chi connectivity index (χ0) is 36.3. The molecule has 0 aromatic heterocycles. The Morgan fingerprint density at radius 2 is 1.51 bits per heavy atom. The fourth-order valence-corrected chi connectivity index (χ4v) is 4.59. The molecule has 0 aliphatic rings. The van der Waals surface area contributed by atoms with E-state index in [1.54, 1.807) is 12.1 Å². The first-order valence-electron chi connectivity index (χ1n) is 14.7. The minimum atomic E-state index is -5.24. The number of rotatable bonds is 15. The van der Waals surface area contributed by atoms with Crippen LogP contribution < -0.4 is 25.4 Å². The van der Waals surface area contributed by atoms with Crippen molar-refractivity contribution in [1.82, 2.24) is 16.0 Å². The highest BCUT2D eigenvalue weighted by Gasteiger charge is 2.45. The van der Waals surface area contributed by atoms with Crippen LogP contribution in [0.2, 0.25) is 0 Å². The molecule has 3 amide bonds. The van der Waals surface area contributed by atoms with Gasteiger partial charge in [-0.25, -0.2) is 4.79 Å². The van der Waals surface area contributed by atoms with Crippen molar-refractivity contribution in [3.63, 3.8) is 0 Å². The molecule has 2 unspecified atom stereocenters. The molecule has 0 aliphatic carbocycles. The minimum Gasteiger partial charge on any atom is -0.497 e. The molecule has 4 N–H and O–H groups in total. The molecule has 0 fully saturated rings. The van der Waals surface area contributed by atoms with Crippen LogP contribution in [-0.4, -0.2) is 66.6 Å². The molecule has 3 aromatic carbocycles. The summed E-state index contributed by atoms with van der Waals surface area (Å²) in [5.74, 6) is -6.59. The zero-order valence-corrected chi connectivity index (χ0v) is 26.5. The number of benzene rings is 3. The molecule has 0 saturated heterocycles. The van der Waals surface area contributed by atoms with Crippen molar-refractivity contribution in [2.45, 2.75) is 44.6 Å². The van der Waals surface area contributed by atoms with Crippen LogP contribution in [0.5, 0.6) is 11.5 Å². The van der Waals surface area contributed by atoms with E-state index < -0.39 is 66.3 Å². The number of ketones is 1. The molecule has 258 valence electrons. The van der Waals surface area contributed by atoms with Gasteiger partial charge >= 0.3 is 12.1 Å². The third-order valence-electron chi connectivity index (χ3n) is 7.12. The van der Waals surface area contributed by atoms with Crippen molar-refractivity contribution < 1.29 is 51.7 Å². The molecule has 3 rings (SSSR count). The first kappa shape index (κ1) is 37.5. The highest BCUT2D eigenvalue weighted by molar-refractivity contribution is 5.99. The lowest BCUT2D eigenvalue weighted by Gasteiger charge is -2.27. The summed E-state index contributed by atoms with van der Waals surface area (Å²) in [4.78, 5) is 63.7. The number of carbonyl (C=O) groups is 5. The Balaban J connectivity index is 1.96. The van der Waals surface area contributed by atoms with Gasteiger partial charge in [-0.2, -0.15) is 18.4 Å². The number of methoxy groups -OCH3 is 1. The molecule has 12 nitrogen and oxygen atoms in total. The van der Waals surface area contributed by atoms with E-state index in [2.05, 4.69) is 16.0 Å². The number of Topliss-reactive ketones (excluding diaryl/α,β-unsaturated/α-hetero) is 1. The Labute approximate surface area is 279 Å². The second kappa shape index (κ2) is 16.8. The molecular formula is C34H33F3N4O8. The number of ether oxygens (including phenoxy) is 2. The number of nitrogens with one attached hydrogen (secondary N) is 3. The molecule has 0 spiro atoms. The highest BCUT2D eigenvalue weighted by Crippen LogP contribution is 2.24. The lowest BCUT2D eigenvalue weighted by atomic mass is 9.97. The SMILES string of the molecule is COc1ccc(C(NC(=O)C(Cc2cccc(C#N)c2)NC(=O)c2ccc(OCC(=O)O)cc2)C(=O)N[C@H](C(=O)C(F)(F)F)C(C)C)cc1. The number of carboxylic acids is 1. The Morgan fingerprint density at radius 3 is 2.06 bits per heavy atom. The van der Waals surface area contributed by atoms with Gasteiger partial charge in [-0.05, 0) is 65.6 Å². The summed E-state index contributed by atoms with van der Waals surface area (Å²) in [6, 6.07) is 14.3. The summed E-state index contributed by atoms with van der Waals surface area (Å²) in [5, 5.41) is 25.3. The van der Waals surface area contributed by atoms with Gasteiger partial charge in [0.2, 0.25) is 11.8 Å². The van der Waals surface area contributed by atoms with Gasteiger partial charge in [0.1, 0.15) is 23.6 Å². The van der Waals surface area contributed by atoms with Crippen LogP contribution in [0.1, 0.15) is 46.9 Å². The topological polar surface area (TPSA) is 184 Å². The second-order valence-electron chi connectivity index (χ2n) is 11.1. The molecule has 3 atom stereocenters. The zero-order valence-electron chi connectivity index (χ0n) is 26.5. The molecule has 3 aromatic rings. The number of carboxylic acid groups (broad SMARTS) is 1. The number of hydrogen-bond donors (Lipinski definition) is 4. The van der Waals surface area contributed by atoms with Crippen molar-refractivity contribution >= 4 is 29.5 Å². The predicted octanol–water partition coefficient (Wildman–Crippen LogP) is 3.50. The first-order valence-corrected chi connectivity index (χ1v) is 14.7. The Bertz CT molecular complexity index is 1700. The second-order valence-corrected chi connectivity index (χ2v) is 11.1. The number of aliphatic carboxylic acids is 1. The van der Waals surface area contributed by atoms with Gasteiger partial charge in [-0.1, -0.05) is 38.1 Å². The third-order valence-corrected chi connectivity index (χ3v) is 7.12. The fourth-order valence-electron chi connectivity index (χ4n) is 4.59. The van der Waals surface area contributed by atoms with Crippen molar-refractivity contribution in [1.29, 1.82) is 5.26 Å². The smallest absolute Gasteiger partial charge is 0.452 e. The van der Waals surface area contributed by atoms with Crippen LogP contribution in [0.3, 0.4) is 0 Å². The summed E-state index contributed by atoms with van der Waals surface area (Å²) in [7, 11) is 1.39. The van der Waals surface area contributed by atoms with Gasteiger partial charge in [0.15, 0.2) is 6.61 Å². The van der Waals surface area contributed by atoms with Gasteiger partial charge in [0, 0.05) is 12.0 Å². The van der Waals surface area contributed by atoms with Gasteiger partial charge in [-0.3, -0.25) is 19.2 Å². The molecule has 0 bridgehead atoms. The summed E-state index contributed by atoms with van der Waals surface area (Å²) in [5.41, 5.74) is 0.908. The van der Waals surface area contributed by atoms with Crippen LogP contribution in [0, 0.1) is 17.2 Å². The van der Waals surface area contributed by atoms with Crippen molar-refractivity contribution in [3.8, 4) is 17.6 Å². The normalized spacial score (nSPS) is 12.9. The lowest BCUT2D eigenvalue weighted by Crippen LogP contribution is -2.55. The Hall–Kier alpha value is -5.91. The van der Waals surface area contributed by atoms with Crippen LogP contribution in [0.25, 0.3) is 0 Å². The maximum absolute atomic E-state index is 13.9. The van der Waals surface area contributed by atoms with Gasteiger partial charge < -0.3 is 30.5 Å². The number of nitrogens with zero attached hydrogens (tertiary/aromatic N) is 1. The molecule has 49 heavy (non-hydrogen) atoms. The van der Waals surface area contributed by atoms with E-state index in [9.17, 15) is 42.4 Å². The monoisotopic (exact) mass is 682 g/mol.